The quantitative estimate of drug-likeness (QED) is 0.883. The van der Waals surface area contributed by atoms with E-state index in [-0.39, 0.29) is 11.3 Å². The molecule has 1 saturated heterocycles. The molecule has 6 heteroatoms. The highest BCUT2D eigenvalue weighted by Crippen LogP contribution is 2.28. The molecule has 2 heterocycles. The lowest BCUT2D eigenvalue weighted by molar-refractivity contribution is -0.120. The van der Waals surface area contributed by atoms with E-state index in [4.69, 9.17) is 14.2 Å². The van der Waals surface area contributed by atoms with E-state index >= 15 is 0 Å². The summed E-state index contributed by atoms with van der Waals surface area (Å²) in [6, 6.07) is 10.6. The van der Waals surface area contributed by atoms with Crippen molar-refractivity contribution in [2.45, 2.75) is 6.92 Å². The van der Waals surface area contributed by atoms with Gasteiger partial charge in [-0.2, -0.15) is 0 Å². The molecule has 0 saturated carbocycles. The second-order valence-electron chi connectivity index (χ2n) is 6.16. The third kappa shape index (κ3) is 3.83. The van der Waals surface area contributed by atoms with Crippen LogP contribution in [0.4, 0.5) is 5.69 Å². The summed E-state index contributed by atoms with van der Waals surface area (Å²) in [7, 11) is 1.53. The maximum Gasteiger partial charge on any atom is 0.257 e. The standard InChI is InChI=1S/C18H20N2O4/c1-18(10-23-11-18)12-24-15-5-3-4-14(8-15)20-17(21)13-6-7-16(22-2)19-9-13/h3-9H,10-12H2,1-2H3,(H,20,21). The predicted molar refractivity (Wildman–Crippen MR) is 89.6 cm³/mol. The van der Waals surface area contributed by atoms with Crippen LogP contribution in [-0.4, -0.2) is 37.8 Å². The van der Waals surface area contributed by atoms with E-state index in [2.05, 4.69) is 17.2 Å². The summed E-state index contributed by atoms with van der Waals surface area (Å²) < 4.78 is 16.0. The Morgan fingerprint density at radius 1 is 1.33 bits per heavy atom. The number of benzene rings is 1. The molecule has 1 fully saturated rings. The fourth-order valence-electron chi connectivity index (χ4n) is 2.29. The van der Waals surface area contributed by atoms with Gasteiger partial charge in [0, 0.05) is 29.4 Å². The van der Waals surface area contributed by atoms with Gasteiger partial charge in [-0.1, -0.05) is 13.0 Å². The molecule has 0 aliphatic carbocycles. The third-order valence-electron chi connectivity index (χ3n) is 3.79. The molecule has 0 atom stereocenters. The van der Waals surface area contributed by atoms with Gasteiger partial charge in [0.25, 0.3) is 5.91 Å². The van der Waals surface area contributed by atoms with Crippen LogP contribution < -0.4 is 14.8 Å². The molecular formula is C18H20N2O4. The van der Waals surface area contributed by atoms with Gasteiger partial charge in [-0.3, -0.25) is 4.79 Å². The zero-order chi connectivity index (χ0) is 17.0. The Kier molecular flexibility index (Phi) is 4.66. The normalized spacial score (nSPS) is 15.2. The molecule has 0 unspecified atom stereocenters. The number of nitrogens with zero attached hydrogens (tertiary/aromatic N) is 1. The Balaban J connectivity index is 1.61. The van der Waals surface area contributed by atoms with Crippen LogP contribution in [0.2, 0.25) is 0 Å². The van der Waals surface area contributed by atoms with E-state index in [0.717, 1.165) is 0 Å². The fourth-order valence-corrected chi connectivity index (χ4v) is 2.29. The van der Waals surface area contributed by atoms with Crippen LogP contribution in [0.15, 0.2) is 42.6 Å². The van der Waals surface area contributed by atoms with Crippen LogP contribution in [0.25, 0.3) is 0 Å². The zero-order valence-corrected chi connectivity index (χ0v) is 13.7. The Labute approximate surface area is 140 Å². The summed E-state index contributed by atoms with van der Waals surface area (Å²) in [5.74, 6) is 0.950. The summed E-state index contributed by atoms with van der Waals surface area (Å²) in [5.41, 5.74) is 1.21. The minimum absolute atomic E-state index is 0.0774. The molecule has 1 aromatic heterocycles. The Bertz CT molecular complexity index is 711. The number of methoxy groups -OCH3 is 1. The van der Waals surface area contributed by atoms with Crippen molar-refractivity contribution in [3.63, 3.8) is 0 Å². The van der Waals surface area contributed by atoms with Gasteiger partial charge in [0.1, 0.15) is 5.75 Å². The van der Waals surface area contributed by atoms with E-state index in [0.29, 0.717) is 42.7 Å². The monoisotopic (exact) mass is 328 g/mol. The van der Waals surface area contributed by atoms with Gasteiger partial charge in [-0.05, 0) is 18.2 Å². The van der Waals surface area contributed by atoms with Crippen LogP contribution in [0.3, 0.4) is 0 Å². The van der Waals surface area contributed by atoms with Crippen molar-refractivity contribution >= 4 is 11.6 Å². The average Bonchev–Trinajstić information content (AvgIpc) is 2.58. The number of carbonyl (C=O) groups excluding carboxylic acids is 1. The summed E-state index contributed by atoms with van der Waals surface area (Å²) >= 11 is 0. The first-order valence-electron chi connectivity index (χ1n) is 7.70. The van der Waals surface area contributed by atoms with Crippen molar-refractivity contribution in [1.29, 1.82) is 0 Å². The van der Waals surface area contributed by atoms with Gasteiger partial charge in [0.05, 0.1) is 32.5 Å². The predicted octanol–water partition coefficient (Wildman–Crippen LogP) is 2.76. The molecule has 1 aliphatic heterocycles. The van der Waals surface area contributed by atoms with Gasteiger partial charge in [0.15, 0.2) is 0 Å². The van der Waals surface area contributed by atoms with Crippen molar-refractivity contribution in [2.75, 3.05) is 32.2 Å². The minimum atomic E-state index is -0.235. The molecule has 126 valence electrons. The Hall–Kier alpha value is -2.60. The maximum atomic E-state index is 12.2. The van der Waals surface area contributed by atoms with Crippen molar-refractivity contribution < 1.29 is 19.0 Å². The number of aromatic nitrogens is 1. The first-order valence-corrected chi connectivity index (χ1v) is 7.70. The molecule has 1 aliphatic rings. The van der Waals surface area contributed by atoms with Crippen LogP contribution in [0, 0.1) is 5.41 Å². The van der Waals surface area contributed by atoms with Crippen LogP contribution in [0.5, 0.6) is 11.6 Å². The number of hydrogen-bond donors (Lipinski definition) is 1. The number of nitrogens with one attached hydrogen (secondary N) is 1. The largest absolute Gasteiger partial charge is 0.493 e. The van der Waals surface area contributed by atoms with Gasteiger partial charge in [-0.15, -0.1) is 0 Å². The molecule has 6 nitrogen and oxygen atoms in total. The van der Waals surface area contributed by atoms with Crippen molar-refractivity contribution in [3.05, 3.63) is 48.2 Å². The highest BCUT2D eigenvalue weighted by molar-refractivity contribution is 6.04. The Morgan fingerprint density at radius 3 is 2.79 bits per heavy atom. The van der Waals surface area contributed by atoms with Gasteiger partial charge < -0.3 is 19.5 Å². The SMILES string of the molecule is COc1ccc(C(=O)Nc2cccc(OCC3(C)COC3)c2)cn1. The van der Waals surface area contributed by atoms with E-state index in [1.807, 2.05) is 18.2 Å². The molecule has 24 heavy (non-hydrogen) atoms. The summed E-state index contributed by atoms with van der Waals surface area (Å²) in [4.78, 5) is 16.3. The topological polar surface area (TPSA) is 69.7 Å². The van der Waals surface area contributed by atoms with Gasteiger partial charge in [0.2, 0.25) is 5.88 Å². The second-order valence-corrected chi connectivity index (χ2v) is 6.16. The molecule has 1 aromatic carbocycles. The molecule has 2 aromatic rings. The highest BCUT2D eigenvalue weighted by Gasteiger charge is 2.34. The molecule has 0 spiro atoms. The maximum absolute atomic E-state index is 12.2. The molecule has 0 bridgehead atoms. The van der Waals surface area contributed by atoms with E-state index in [9.17, 15) is 4.79 Å². The van der Waals surface area contributed by atoms with E-state index in [1.165, 1.54) is 13.3 Å². The molecular weight excluding hydrogens is 308 g/mol. The highest BCUT2D eigenvalue weighted by atomic mass is 16.5. The number of amides is 1. The van der Waals surface area contributed by atoms with Crippen molar-refractivity contribution in [1.82, 2.24) is 4.98 Å². The van der Waals surface area contributed by atoms with Crippen LogP contribution >= 0.6 is 0 Å². The smallest absolute Gasteiger partial charge is 0.257 e. The minimum Gasteiger partial charge on any atom is -0.493 e. The first-order chi connectivity index (χ1) is 11.6. The lowest BCUT2D eigenvalue weighted by Crippen LogP contribution is -2.44. The number of ether oxygens (including phenoxy) is 3. The summed E-state index contributed by atoms with van der Waals surface area (Å²) in [6.45, 7) is 4.15. The summed E-state index contributed by atoms with van der Waals surface area (Å²) in [5, 5.41) is 2.84. The average molecular weight is 328 g/mol. The lowest BCUT2D eigenvalue weighted by Gasteiger charge is -2.37. The number of hydrogen-bond acceptors (Lipinski definition) is 5. The fraction of sp³-hybridized carbons (Fsp3) is 0.333. The van der Waals surface area contributed by atoms with Gasteiger partial charge in [-0.25, -0.2) is 4.98 Å². The van der Waals surface area contributed by atoms with Crippen molar-refractivity contribution in [2.24, 2.45) is 5.41 Å². The second kappa shape index (κ2) is 6.88. The number of anilines is 1. The molecule has 3 rings (SSSR count). The van der Waals surface area contributed by atoms with Crippen molar-refractivity contribution in [3.8, 4) is 11.6 Å². The number of rotatable bonds is 6. The number of carbonyl (C=O) groups is 1. The first kappa shape index (κ1) is 16.3. The van der Waals surface area contributed by atoms with Gasteiger partial charge >= 0.3 is 0 Å². The summed E-state index contributed by atoms with van der Waals surface area (Å²) in [6.07, 6.45) is 1.48. The zero-order valence-electron chi connectivity index (χ0n) is 13.7. The van der Waals surface area contributed by atoms with E-state index in [1.54, 1.807) is 18.2 Å². The molecule has 0 radical (unpaired) electrons. The number of pyridine rings is 1. The molecule has 1 amide bonds. The van der Waals surface area contributed by atoms with Crippen LogP contribution in [0.1, 0.15) is 17.3 Å². The lowest BCUT2D eigenvalue weighted by atomic mass is 9.90. The molecule has 1 N–H and O–H groups in total. The third-order valence-corrected chi connectivity index (χ3v) is 3.79. The Morgan fingerprint density at radius 2 is 2.17 bits per heavy atom. The van der Waals surface area contributed by atoms with E-state index < -0.39 is 0 Å². The van der Waals surface area contributed by atoms with Crippen LogP contribution in [-0.2, 0) is 4.74 Å².